The minimum absolute atomic E-state index is 0.0812. The van der Waals surface area contributed by atoms with Crippen molar-refractivity contribution >= 4 is 9.47 Å². The first-order valence-corrected chi connectivity index (χ1v) is 9.47. The van der Waals surface area contributed by atoms with Gasteiger partial charge in [-0.25, -0.2) is 0 Å². The van der Waals surface area contributed by atoms with Gasteiger partial charge in [-0.2, -0.15) is 0 Å². The molecule has 1 nitrogen and oxygen atoms in total. The SMILES string of the molecule is CC(C)(c1ccccc1)c1ccc(OP)c(C(C)(C)c2ccccc2)c1. The standard InChI is InChI=1S/C24H27OP/c1-23(2,18-11-7-5-8-12-18)20-15-16-22(25-26)21(17-20)24(3,4)19-13-9-6-10-14-19/h5-17H,26H2,1-4H3. The second-order valence-corrected chi connectivity index (χ2v) is 8.05. The lowest BCUT2D eigenvalue weighted by Gasteiger charge is -2.32. The van der Waals surface area contributed by atoms with Gasteiger partial charge in [0.25, 0.3) is 0 Å². The largest absolute Gasteiger partial charge is 0.480 e. The number of hydrogen-bond donors (Lipinski definition) is 0. The fourth-order valence-corrected chi connectivity index (χ4v) is 3.75. The average molecular weight is 362 g/mol. The monoisotopic (exact) mass is 362 g/mol. The molecular weight excluding hydrogens is 335 g/mol. The van der Waals surface area contributed by atoms with E-state index in [1.807, 2.05) is 0 Å². The third kappa shape index (κ3) is 3.41. The smallest absolute Gasteiger partial charge is 0.126 e. The molecule has 0 spiro atoms. The van der Waals surface area contributed by atoms with E-state index in [1.165, 1.54) is 22.3 Å². The predicted octanol–water partition coefficient (Wildman–Crippen LogP) is 6.51. The summed E-state index contributed by atoms with van der Waals surface area (Å²) in [5.41, 5.74) is 4.83. The second-order valence-electron chi connectivity index (χ2n) is 7.81. The zero-order valence-electron chi connectivity index (χ0n) is 16.0. The summed E-state index contributed by atoms with van der Waals surface area (Å²) in [5.74, 6) is 0.900. The van der Waals surface area contributed by atoms with Crippen LogP contribution in [0.15, 0.2) is 78.9 Å². The Morgan fingerprint density at radius 2 is 1.12 bits per heavy atom. The lowest BCUT2D eigenvalue weighted by Crippen LogP contribution is -2.23. The van der Waals surface area contributed by atoms with Gasteiger partial charge in [0.15, 0.2) is 0 Å². The topological polar surface area (TPSA) is 9.23 Å². The van der Waals surface area contributed by atoms with E-state index in [1.54, 1.807) is 0 Å². The average Bonchev–Trinajstić information content (AvgIpc) is 2.68. The zero-order chi connectivity index (χ0) is 18.8. The maximum atomic E-state index is 5.64. The third-order valence-corrected chi connectivity index (χ3v) is 5.75. The van der Waals surface area contributed by atoms with E-state index >= 15 is 0 Å². The summed E-state index contributed by atoms with van der Waals surface area (Å²) in [6.07, 6.45) is 0. The minimum Gasteiger partial charge on any atom is -0.480 e. The van der Waals surface area contributed by atoms with Crippen LogP contribution in [0, 0.1) is 0 Å². The van der Waals surface area contributed by atoms with Crippen molar-refractivity contribution in [2.75, 3.05) is 0 Å². The van der Waals surface area contributed by atoms with E-state index in [0.717, 1.165) is 5.75 Å². The van der Waals surface area contributed by atoms with Gasteiger partial charge in [-0.05, 0) is 22.8 Å². The molecule has 3 aromatic rings. The molecule has 0 aromatic heterocycles. The summed E-state index contributed by atoms with van der Waals surface area (Å²) < 4.78 is 5.64. The summed E-state index contributed by atoms with van der Waals surface area (Å²) in [7, 11) is 2.39. The maximum Gasteiger partial charge on any atom is 0.126 e. The third-order valence-electron chi connectivity index (χ3n) is 5.49. The Labute approximate surface area is 159 Å². The van der Waals surface area contributed by atoms with E-state index in [4.69, 9.17) is 4.52 Å². The molecule has 0 saturated carbocycles. The van der Waals surface area contributed by atoms with Gasteiger partial charge in [0, 0.05) is 16.4 Å². The van der Waals surface area contributed by atoms with Crippen LogP contribution in [0.5, 0.6) is 5.75 Å². The Bertz CT molecular complexity index is 867. The molecule has 0 aliphatic carbocycles. The molecule has 0 bridgehead atoms. The first-order chi connectivity index (χ1) is 12.4. The molecule has 0 aliphatic heterocycles. The molecule has 2 heteroatoms. The second kappa shape index (κ2) is 7.25. The molecule has 0 amide bonds. The highest BCUT2D eigenvalue weighted by atomic mass is 31.0. The predicted molar refractivity (Wildman–Crippen MR) is 114 cm³/mol. The number of hydrogen-bond acceptors (Lipinski definition) is 1. The van der Waals surface area contributed by atoms with Crippen LogP contribution in [0.4, 0.5) is 0 Å². The van der Waals surface area contributed by atoms with E-state index in [2.05, 4.69) is 116 Å². The van der Waals surface area contributed by atoms with Crippen LogP contribution in [0.25, 0.3) is 0 Å². The Hall–Kier alpha value is -2.11. The van der Waals surface area contributed by atoms with Crippen molar-refractivity contribution in [2.24, 2.45) is 0 Å². The van der Waals surface area contributed by atoms with Crippen molar-refractivity contribution in [3.8, 4) is 5.75 Å². The van der Waals surface area contributed by atoms with Crippen molar-refractivity contribution in [2.45, 2.75) is 38.5 Å². The lowest BCUT2D eigenvalue weighted by molar-refractivity contribution is 0.566. The van der Waals surface area contributed by atoms with E-state index in [9.17, 15) is 0 Å². The summed E-state index contributed by atoms with van der Waals surface area (Å²) in [6, 6.07) is 27.8. The maximum absolute atomic E-state index is 5.64. The van der Waals surface area contributed by atoms with Crippen LogP contribution in [0.1, 0.15) is 49.9 Å². The highest BCUT2D eigenvalue weighted by Gasteiger charge is 2.30. The van der Waals surface area contributed by atoms with Gasteiger partial charge in [0.1, 0.15) is 5.75 Å². The van der Waals surface area contributed by atoms with Gasteiger partial charge in [-0.1, -0.05) is 100 Å². The Morgan fingerprint density at radius 1 is 0.615 bits per heavy atom. The van der Waals surface area contributed by atoms with E-state index in [0.29, 0.717) is 0 Å². The molecule has 0 saturated heterocycles. The molecule has 3 aromatic carbocycles. The van der Waals surface area contributed by atoms with Gasteiger partial charge in [0.2, 0.25) is 0 Å². The normalized spacial score (nSPS) is 12.0. The zero-order valence-corrected chi connectivity index (χ0v) is 17.1. The van der Waals surface area contributed by atoms with Crippen molar-refractivity contribution in [3.05, 3.63) is 101 Å². The highest BCUT2D eigenvalue weighted by Crippen LogP contribution is 2.41. The molecule has 0 aliphatic rings. The molecule has 134 valence electrons. The number of rotatable bonds is 5. The van der Waals surface area contributed by atoms with Crippen molar-refractivity contribution in [3.63, 3.8) is 0 Å². The first kappa shape index (κ1) is 18.7. The summed E-state index contributed by atoms with van der Waals surface area (Å²) >= 11 is 0. The molecule has 0 N–H and O–H groups in total. The van der Waals surface area contributed by atoms with E-state index < -0.39 is 0 Å². The van der Waals surface area contributed by atoms with Gasteiger partial charge in [-0.15, -0.1) is 0 Å². The molecule has 1 unspecified atom stereocenters. The molecule has 0 heterocycles. The molecule has 26 heavy (non-hydrogen) atoms. The molecule has 3 rings (SSSR count). The van der Waals surface area contributed by atoms with Crippen LogP contribution < -0.4 is 4.52 Å². The highest BCUT2D eigenvalue weighted by molar-refractivity contribution is 7.10. The Kier molecular flexibility index (Phi) is 5.21. The first-order valence-electron chi connectivity index (χ1n) is 9.00. The Balaban J connectivity index is 2.14. The molecule has 0 radical (unpaired) electrons. The van der Waals surface area contributed by atoms with Crippen molar-refractivity contribution < 1.29 is 4.52 Å². The summed E-state index contributed by atoms with van der Waals surface area (Å²) in [4.78, 5) is 0. The van der Waals surface area contributed by atoms with E-state index in [-0.39, 0.29) is 10.8 Å². The van der Waals surface area contributed by atoms with Crippen LogP contribution in [-0.4, -0.2) is 0 Å². The van der Waals surface area contributed by atoms with Crippen LogP contribution in [0.3, 0.4) is 0 Å². The quantitative estimate of drug-likeness (QED) is 0.470. The van der Waals surface area contributed by atoms with Crippen LogP contribution in [0.2, 0.25) is 0 Å². The van der Waals surface area contributed by atoms with Crippen LogP contribution in [-0.2, 0) is 10.8 Å². The van der Waals surface area contributed by atoms with Crippen molar-refractivity contribution in [1.29, 1.82) is 0 Å². The van der Waals surface area contributed by atoms with Crippen LogP contribution >= 0.6 is 9.47 Å². The molecular formula is C24H27OP. The molecule has 0 fully saturated rings. The van der Waals surface area contributed by atoms with Gasteiger partial charge in [0.05, 0.1) is 9.47 Å². The lowest BCUT2D eigenvalue weighted by atomic mass is 9.73. The number of benzene rings is 3. The Morgan fingerprint density at radius 3 is 1.62 bits per heavy atom. The minimum atomic E-state index is -0.157. The summed E-state index contributed by atoms with van der Waals surface area (Å²) in [6.45, 7) is 9.06. The fourth-order valence-electron chi connectivity index (χ4n) is 3.54. The molecule has 1 atom stereocenters. The van der Waals surface area contributed by atoms with Gasteiger partial charge >= 0.3 is 0 Å². The van der Waals surface area contributed by atoms with Gasteiger partial charge < -0.3 is 4.52 Å². The summed E-state index contributed by atoms with van der Waals surface area (Å²) in [5, 5.41) is 0. The fraction of sp³-hybridized carbons (Fsp3) is 0.250. The van der Waals surface area contributed by atoms with Gasteiger partial charge in [-0.3, -0.25) is 0 Å². The van der Waals surface area contributed by atoms with Crippen molar-refractivity contribution in [1.82, 2.24) is 0 Å².